The standard InChI is InChI=1S/C26H30N8O3S/c35-18-8-6-17(7-9-18)28-25-29-21(14-22(31-25)34-12-10-19(36)11-13-34)30-26-27-15-20(38-26)24-33-32-23(37-24)16-4-2-1-3-5-16/h1-5,14-15,17-19,35-36H,6-13H2,(H2,27,28,29,30,31). The van der Waals surface area contributed by atoms with E-state index in [1.54, 1.807) is 6.20 Å². The minimum atomic E-state index is -0.266. The Kier molecular flexibility index (Phi) is 7.16. The fraction of sp³-hybridized carbons (Fsp3) is 0.423. The number of benzene rings is 1. The highest BCUT2D eigenvalue weighted by atomic mass is 32.1. The van der Waals surface area contributed by atoms with Crippen molar-refractivity contribution < 1.29 is 14.6 Å². The maximum absolute atomic E-state index is 9.95. The van der Waals surface area contributed by atoms with Gasteiger partial charge in [0, 0.05) is 30.8 Å². The third-order valence-corrected chi connectivity index (χ3v) is 7.83. The van der Waals surface area contributed by atoms with E-state index in [0.717, 1.165) is 55.0 Å². The number of aliphatic hydroxyl groups excluding tert-OH is 2. The number of piperidine rings is 1. The summed E-state index contributed by atoms with van der Waals surface area (Å²) in [6, 6.07) is 11.8. The van der Waals surface area contributed by atoms with Crippen molar-refractivity contribution in [2.75, 3.05) is 28.6 Å². The predicted molar refractivity (Wildman–Crippen MR) is 145 cm³/mol. The first-order valence-electron chi connectivity index (χ1n) is 13.0. The topological polar surface area (TPSA) is 145 Å². The molecule has 11 nitrogen and oxygen atoms in total. The van der Waals surface area contributed by atoms with E-state index in [4.69, 9.17) is 14.4 Å². The lowest BCUT2D eigenvalue weighted by Crippen LogP contribution is -2.36. The zero-order valence-corrected chi connectivity index (χ0v) is 21.6. The molecule has 1 aromatic carbocycles. The Morgan fingerprint density at radius 2 is 1.63 bits per heavy atom. The number of nitrogens with zero attached hydrogens (tertiary/aromatic N) is 6. The van der Waals surface area contributed by atoms with Gasteiger partial charge < -0.3 is 30.2 Å². The SMILES string of the molecule is OC1CCC(Nc2nc(Nc3ncc(-c4nnc(-c5ccccc5)o4)s3)cc(N3CCC(O)CC3)n2)CC1. The molecule has 1 aliphatic carbocycles. The molecule has 4 N–H and O–H groups in total. The Labute approximate surface area is 224 Å². The molecule has 3 aromatic heterocycles. The van der Waals surface area contributed by atoms with Crippen LogP contribution in [0, 0.1) is 0 Å². The van der Waals surface area contributed by atoms with Crippen LogP contribution in [0.25, 0.3) is 22.2 Å². The molecule has 2 aliphatic rings. The summed E-state index contributed by atoms with van der Waals surface area (Å²) in [5, 5.41) is 35.6. The van der Waals surface area contributed by atoms with E-state index in [1.165, 1.54) is 11.3 Å². The molecule has 0 spiro atoms. The highest BCUT2D eigenvalue weighted by Gasteiger charge is 2.23. The molecule has 0 radical (unpaired) electrons. The molecule has 38 heavy (non-hydrogen) atoms. The summed E-state index contributed by atoms with van der Waals surface area (Å²) in [6.07, 6.45) is 5.93. The molecule has 1 saturated heterocycles. The number of nitrogens with one attached hydrogen (secondary N) is 2. The predicted octanol–water partition coefficient (Wildman–Crippen LogP) is 4.07. The van der Waals surface area contributed by atoms with Crippen LogP contribution < -0.4 is 15.5 Å². The molecule has 0 atom stereocenters. The maximum atomic E-state index is 9.95. The molecule has 1 aliphatic heterocycles. The van der Waals surface area contributed by atoms with Crippen molar-refractivity contribution in [1.29, 1.82) is 0 Å². The molecule has 0 bridgehead atoms. The Hall–Kier alpha value is -3.61. The lowest BCUT2D eigenvalue weighted by molar-refractivity contribution is 0.126. The maximum Gasteiger partial charge on any atom is 0.259 e. The number of anilines is 4. The van der Waals surface area contributed by atoms with Crippen LogP contribution in [0.15, 0.2) is 47.0 Å². The second-order valence-electron chi connectivity index (χ2n) is 9.74. The van der Waals surface area contributed by atoms with Crippen molar-refractivity contribution in [1.82, 2.24) is 25.1 Å². The fourth-order valence-corrected chi connectivity index (χ4v) is 5.53. The van der Waals surface area contributed by atoms with Crippen molar-refractivity contribution >= 4 is 34.1 Å². The van der Waals surface area contributed by atoms with Crippen LogP contribution in [0.5, 0.6) is 0 Å². The smallest absolute Gasteiger partial charge is 0.259 e. The fourth-order valence-electron chi connectivity index (χ4n) is 4.78. The highest BCUT2D eigenvalue weighted by molar-refractivity contribution is 7.18. The van der Waals surface area contributed by atoms with E-state index in [1.807, 2.05) is 36.4 Å². The van der Waals surface area contributed by atoms with Gasteiger partial charge in [0.05, 0.1) is 18.4 Å². The minimum Gasteiger partial charge on any atom is -0.415 e. The average molecular weight is 535 g/mol. The van der Waals surface area contributed by atoms with Gasteiger partial charge in [0.15, 0.2) is 5.13 Å². The normalized spacial score (nSPS) is 20.4. The first-order valence-corrected chi connectivity index (χ1v) is 13.8. The Balaban J connectivity index is 1.21. The molecule has 12 heteroatoms. The van der Waals surface area contributed by atoms with Gasteiger partial charge >= 0.3 is 0 Å². The van der Waals surface area contributed by atoms with E-state index in [-0.39, 0.29) is 18.2 Å². The molecular formula is C26H30N8O3S. The molecule has 1 saturated carbocycles. The molecule has 2 fully saturated rings. The number of thiazole rings is 1. The number of rotatable bonds is 7. The van der Waals surface area contributed by atoms with Gasteiger partial charge in [-0.25, -0.2) is 4.98 Å². The van der Waals surface area contributed by atoms with Crippen molar-refractivity contribution in [3.63, 3.8) is 0 Å². The van der Waals surface area contributed by atoms with Crippen molar-refractivity contribution in [3.8, 4) is 22.2 Å². The van der Waals surface area contributed by atoms with E-state index in [9.17, 15) is 10.2 Å². The first kappa shape index (κ1) is 24.7. The Morgan fingerprint density at radius 3 is 2.42 bits per heavy atom. The van der Waals surface area contributed by atoms with Crippen LogP contribution >= 0.6 is 11.3 Å². The second-order valence-corrected chi connectivity index (χ2v) is 10.8. The summed E-state index contributed by atoms with van der Waals surface area (Å²) in [5.74, 6) is 2.83. The van der Waals surface area contributed by atoms with Gasteiger partial charge in [0.1, 0.15) is 16.5 Å². The molecule has 0 amide bonds. The van der Waals surface area contributed by atoms with Gasteiger partial charge in [-0.2, -0.15) is 9.97 Å². The lowest BCUT2D eigenvalue weighted by Gasteiger charge is -2.31. The van der Waals surface area contributed by atoms with Crippen LogP contribution in [0.2, 0.25) is 0 Å². The molecule has 198 valence electrons. The third-order valence-electron chi connectivity index (χ3n) is 6.93. The first-order chi connectivity index (χ1) is 18.6. The van der Waals surface area contributed by atoms with E-state index in [2.05, 4.69) is 30.7 Å². The van der Waals surface area contributed by atoms with Gasteiger partial charge in [-0.15, -0.1) is 10.2 Å². The summed E-state index contributed by atoms with van der Waals surface area (Å²) in [5.41, 5.74) is 0.861. The van der Waals surface area contributed by atoms with E-state index < -0.39 is 0 Å². The zero-order chi connectivity index (χ0) is 25.9. The van der Waals surface area contributed by atoms with Gasteiger partial charge in [-0.3, -0.25) is 0 Å². The van der Waals surface area contributed by atoms with Gasteiger partial charge in [-0.1, -0.05) is 29.5 Å². The molecule has 4 aromatic rings. The van der Waals surface area contributed by atoms with Crippen LogP contribution in [-0.2, 0) is 0 Å². The van der Waals surface area contributed by atoms with E-state index >= 15 is 0 Å². The summed E-state index contributed by atoms with van der Waals surface area (Å²) < 4.78 is 5.88. The number of aromatic nitrogens is 5. The molecule has 0 unspecified atom stereocenters. The molecular weight excluding hydrogens is 504 g/mol. The number of aliphatic hydroxyl groups is 2. The third kappa shape index (κ3) is 5.77. The number of hydrogen-bond donors (Lipinski definition) is 4. The van der Waals surface area contributed by atoms with Crippen LogP contribution in [0.3, 0.4) is 0 Å². The second kappa shape index (κ2) is 11.0. The van der Waals surface area contributed by atoms with Crippen LogP contribution in [0.1, 0.15) is 38.5 Å². The Bertz CT molecular complexity index is 1350. The van der Waals surface area contributed by atoms with Gasteiger partial charge in [0.2, 0.25) is 11.8 Å². The van der Waals surface area contributed by atoms with Gasteiger partial charge in [-0.05, 0) is 50.7 Å². The minimum absolute atomic E-state index is 0.215. The highest BCUT2D eigenvalue weighted by Crippen LogP contribution is 2.32. The van der Waals surface area contributed by atoms with Crippen molar-refractivity contribution in [3.05, 3.63) is 42.6 Å². The summed E-state index contributed by atoms with van der Waals surface area (Å²) in [4.78, 5) is 16.9. The lowest BCUT2D eigenvalue weighted by atomic mass is 9.93. The van der Waals surface area contributed by atoms with Crippen molar-refractivity contribution in [2.45, 2.75) is 56.8 Å². The van der Waals surface area contributed by atoms with Crippen LogP contribution in [-0.4, -0.2) is 66.7 Å². The largest absolute Gasteiger partial charge is 0.415 e. The monoisotopic (exact) mass is 534 g/mol. The number of hydrogen-bond acceptors (Lipinski definition) is 12. The summed E-state index contributed by atoms with van der Waals surface area (Å²) >= 11 is 1.40. The summed E-state index contributed by atoms with van der Waals surface area (Å²) in [6.45, 7) is 1.46. The average Bonchev–Trinajstić information content (AvgIpc) is 3.61. The quantitative estimate of drug-likeness (QED) is 0.272. The van der Waals surface area contributed by atoms with Crippen molar-refractivity contribution in [2.24, 2.45) is 0 Å². The van der Waals surface area contributed by atoms with Crippen LogP contribution in [0.4, 0.5) is 22.7 Å². The van der Waals surface area contributed by atoms with E-state index in [0.29, 0.717) is 41.5 Å². The summed E-state index contributed by atoms with van der Waals surface area (Å²) in [7, 11) is 0. The molecule has 6 rings (SSSR count). The zero-order valence-electron chi connectivity index (χ0n) is 20.8. The molecule has 4 heterocycles. The van der Waals surface area contributed by atoms with Gasteiger partial charge in [0.25, 0.3) is 5.89 Å². The Morgan fingerprint density at radius 1 is 0.895 bits per heavy atom.